The van der Waals surface area contributed by atoms with E-state index in [0.29, 0.717) is 5.13 Å². The van der Waals surface area contributed by atoms with Crippen LogP contribution in [0.15, 0.2) is 11.6 Å². The predicted molar refractivity (Wildman–Crippen MR) is 67.7 cm³/mol. The van der Waals surface area contributed by atoms with Crippen molar-refractivity contribution in [2.24, 2.45) is 7.05 Å². The number of alkyl halides is 2. The maximum absolute atomic E-state index is 12.8. The molecule has 0 fully saturated rings. The summed E-state index contributed by atoms with van der Waals surface area (Å²) in [5.74, 6) is 0. The number of carbonyl (C=O) groups excluding carboxylic acids is 1. The van der Waals surface area contributed by atoms with Crippen molar-refractivity contribution in [3.05, 3.63) is 23.0 Å². The van der Waals surface area contributed by atoms with Crippen LogP contribution >= 0.6 is 11.3 Å². The maximum Gasteiger partial charge on any atom is 0.325 e. The molecular formula is C10H11F2N5OS. The Morgan fingerprint density at radius 2 is 2.21 bits per heavy atom. The first kappa shape index (κ1) is 13.4. The number of nitrogens with zero attached hydrogens (tertiary/aromatic N) is 3. The summed E-state index contributed by atoms with van der Waals surface area (Å²) in [5.41, 5.74) is 0.406. The van der Waals surface area contributed by atoms with Crippen molar-refractivity contribution in [1.29, 1.82) is 0 Å². The summed E-state index contributed by atoms with van der Waals surface area (Å²) in [7, 11) is 1.38. The minimum absolute atomic E-state index is 0.0247. The van der Waals surface area contributed by atoms with Gasteiger partial charge in [-0.15, -0.1) is 11.3 Å². The highest BCUT2D eigenvalue weighted by molar-refractivity contribution is 7.13. The molecule has 0 bridgehead atoms. The Kier molecular flexibility index (Phi) is 3.74. The Morgan fingerprint density at radius 3 is 2.79 bits per heavy atom. The van der Waals surface area contributed by atoms with Crippen LogP contribution in [-0.4, -0.2) is 20.8 Å². The summed E-state index contributed by atoms with van der Waals surface area (Å²) < 4.78 is 26.5. The van der Waals surface area contributed by atoms with Crippen LogP contribution < -0.4 is 10.6 Å². The number of rotatable bonds is 3. The number of anilines is 2. The van der Waals surface area contributed by atoms with Crippen molar-refractivity contribution in [2.45, 2.75) is 13.3 Å². The van der Waals surface area contributed by atoms with Gasteiger partial charge in [0.2, 0.25) is 0 Å². The highest BCUT2D eigenvalue weighted by Crippen LogP contribution is 2.26. The smallest absolute Gasteiger partial charge is 0.304 e. The highest BCUT2D eigenvalue weighted by atomic mass is 32.1. The Morgan fingerprint density at radius 1 is 1.47 bits per heavy atom. The molecule has 19 heavy (non-hydrogen) atoms. The van der Waals surface area contributed by atoms with Crippen molar-refractivity contribution in [1.82, 2.24) is 14.8 Å². The third kappa shape index (κ3) is 3.05. The van der Waals surface area contributed by atoms with Gasteiger partial charge in [0.1, 0.15) is 5.69 Å². The van der Waals surface area contributed by atoms with E-state index in [-0.39, 0.29) is 11.4 Å². The summed E-state index contributed by atoms with van der Waals surface area (Å²) in [5, 5.41) is 10.6. The number of carbonyl (C=O) groups is 1. The van der Waals surface area contributed by atoms with Gasteiger partial charge in [-0.05, 0) is 6.92 Å². The molecule has 0 unspecified atom stereocenters. The van der Waals surface area contributed by atoms with E-state index >= 15 is 0 Å². The molecule has 0 radical (unpaired) electrons. The SMILES string of the molecule is Cc1csc(NC(=O)Nc2cnn(C)c2C(F)F)n1. The van der Waals surface area contributed by atoms with E-state index < -0.39 is 12.5 Å². The van der Waals surface area contributed by atoms with Gasteiger partial charge in [-0.3, -0.25) is 10.00 Å². The number of aromatic nitrogens is 3. The van der Waals surface area contributed by atoms with Crippen molar-refractivity contribution >= 4 is 28.2 Å². The molecule has 2 heterocycles. The molecule has 2 rings (SSSR count). The minimum atomic E-state index is -2.72. The van der Waals surface area contributed by atoms with E-state index in [1.54, 1.807) is 12.3 Å². The predicted octanol–water partition coefficient (Wildman–Crippen LogP) is 2.77. The number of urea groups is 1. The molecule has 102 valence electrons. The molecule has 0 aliphatic rings. The number of hydrogen-bond acceptors (Lipinski definition) is 4. The number of hydrogen-bond donors (Lipinski definition) is 2. The number of thiazole rings is 1. The maximum atomic E-state index is 12.8. The van der Waals surface area contributed by atoms with Gasteiger partial charge in [-0.2, -0.15) is 5.10 Å². The molecule has 0 aromatic carbocycles. The lowest BCUT2D eigenvalue weighted by Gasteiger charge is -2.06. The van der Waals surface area contributed by atoms with Crippen LogP contribution in [-0.2, 0) is 7.05 Å². The van der Waals surface area contributed by atoms with Gasteiger partial charge in [-0.1, -0.05) is 0 Å². The Bertz CT molecular complexity index is 595. The molecule has 0 atom stereocenters. The lowest BCUT2D eigenvalue weighted by molar-refractivity contribution is 0.141. The highest BCUT2D eigenvalue weighted by Gasteiger charge is 2.20. The van der Waals surface area contributed by atoms with Crippen LogP contribution in [0.5, 0.6) is 0 Å². The standard InChI is InChI=1S/C10H11F2N5OS/c1-5-4-19-10(14-5)16-9(18)15-6-3-13-17(2)7(6)8(11)12/h3-4,8H,1-2H3,(H2,14,15,16,18). The van der Waals surface area contributed by atoms with Gasteiger partial charge >= 0.3 is 6.03 Å². The molecule has 2 N–H and O–H groups in total. The second-order valence-electron chi connectivity index (χ2n) is 3.74. The van der Waals surface area contributed by atoms with Gasteiger partial charge in [0, 0.05) is 12.4 Å². The average Bonchev–Trinajstić information content (AvgIpc) is 2.85. The van der Waals surface area contributed by atoms with E-state index in [0.717, 1.165) is 10.4 Å². The zero-order chi connectivity index (χ0) is 14.0. The van der Waals surface area contributed by atoms with Crippen LogP contribution in [0.25, 0.3) is 0 Å². The first-order valence-electron chi connectivity index (χ1n) is 5.27. The third-order valence-electron chi connectivity index (χ3n) is 2.28. The molecule has 2 amide bonds. The molecule has 0 aliphatic carbocycles. The molecule has 0 saturated carbocycles. The van der Waals surface area contributed by atoms with Gasteiger partial charge in [-0.25, -0.2) is 18.6 Å². The van der Waals surface area contributed by atoms with Crippen LogP contribution in [0, 0.1) is 6.92 Å². The van der Waals surface area contributed by atoms with Gasteiger partial charge < -0.3 is 5.32 Å². The fourth-order valence-electron chi connectivity index (χ4n) is 1.46. The third-order valence-corrected chi connectivity index (χ3v) is 3.15. The second kappa shape index (κ2) is 5.31. The van der Waals surface area contributed by atoms with E-state index in [1.807, 2.05) is 0 Å². The number of amides is 2. The van der Waals surface area contributed by atoms with Crippen molar-refractivity contribution < 1.29 is 13.6 Å². The van der Waals surface area contributed by atoms with Crippen molar-refractivity contribution in [3.63, 3.8) is 0 Å². The Balaban J connectivity index is 2.07. The molecule has 0 spiro atoms. The fourth-order valence-corrected chi connectivity index (χ4v) is 2.15. The summed E-state index contributed by atoms with van der Waals surface area (Å²) in [6.45, 7) is 1.79. The van der Waals surface area contributed by atoms with Crippen LogP contribution in [0.4, 0.5) is 24.4 Å². The molecule has 0 saturated heterocycles. The number of nitrogens with one attached hydrogen (secondary N) is 2. The summed E-state index contributed by atoms with van der Waals surface area (Å²) in [4.78, 5) is 15.7. The van der Waals surface area contributed by atoms with Crippen LogP contribution in [0.2, 0.25) is 0 Å². The van der Waals surface area contributed by atoms with E-state index in [9.17, 15) is 13.6 Å². The second-order valence-corrected chi connectivity index (χ2v) is 4.60. The Hall–Kier alpha value is -2.03. The molecular weight excluding hydrogens is 276 g/mol. The lowest BCUT2D eigenvalue weighted by atomic mass is 10.4. The number of halogens is 2. The zero-order valence-electron chi connectivity index (χ0n) is 10.1. The minimum Gasteiger partial charge on any atom is -0.304 e. The quantitative estimate of drug-likeness (QED) is 0.911. The first-order valence-corrected chi connectivity index (χ1v) is 6.15. The zero-order valence-corrected chi connectivity index (χ0v) is 11.0. The van der Waals surface area contributed by atoms with Crippen LogP contribution in [0.3, 0.4) is 0 Å². The molecule has 9 heteroatoms. The molecule has 6 nitrogen and oxygen atoms in total. The summed E-state index contributed by atoms with van der Waals surface area (Å²) >= 11 is 1.25. The van der Waals surface area contributed by atoms with E-state index in [2.05, 4.69) is 20.7 Å². The molecule has 0 aliphatic heterocycles. The molecule has 2 aromatic heterocycles. The number of aryl methyl sites for hydroxylation is 2. The van der Waals surface area contributed by atoms with Gasteiger partial charge in [0.25, 0.3) is 6.43 Å². The Labute approximate surface area is 111 Å². The van der Waals surface area contributed by atoms with E-state index in [1.165, 1.54) is 24.6 Å². The summed E-state index contributed by atoms with van der Waals surface area (Å²) in [6.07, 6.45) is -1.54. The van der Waals surface area contributed by atoms with Gasteiger partial charge in [0.05, 0.1) is 17.6 Å². The van der Waals surface area contributed by atoms with Gasteiger partial charge in [0.15, 0.2) is 5.13 Å². The molecule has 2 aromatic rings. The van der Waals surface area contributed by atoms with Crippen LogP contribution in [0.1, 0.15) is 17.8 Å². The summed E-state index contributed by atoms with van der Waals surface area (Å²) in [6, 6.07) is -0.635. The largest absolute Gasteiger partial charge is 0.325 e. The fraction of sp³-hybridized carbons (Fsp3) is 0.300. The van der Waals surface area contributed by atoms with E-state index in [4.69, 9.17) is 0 Å². The van der Waals surface area contributed by atoms with Crippen molar-refractivity contribution in [2.75, 3.05) is 10.6 Å². The first-order chi connectivity index (χ1) is 8.97. The topological polar surface area (TPSA) is 71.8 Å². The monoisotopic (exact) mass is 287 g/mol. The lowest BCUT2D eigenvalue weighted by Crippen LogP contribution is -2.20. The van der Waals surface area contributed by atoms with Crippen molar-refractivity contribution in [3.8, 4) is 0 Å². The normalized spacial score (nSPS) is 10.8. The average molecular weight is 287 g/mol.